The van der Waals surface area contributed by atoms with Crippen molar-refractivity contribution in [3.8, 4) is 0 Å². The predicted octanol–water partition coefficient (Wildman–Crippen LogP) is 1.99. The first-order valence-corrected chi connectivity index (χ1v) is 6.08. The maximum Gasteiger partial charge on any atom is 0.231 e. The molecule has 0 bridgehead atoms. The van der Waals surface area contributed by atoms with E-state index >= 15 is 0 Å². The maximum absolute atomic E-state index is 11.7. The maximum atomic E-state index is 11.7. The fraction of sp³-hybridized carbons (Fsp3) is 0.250. The molecule has 0 unspecified atom stereocenters. The Kier molecular flexibility index (Phi) is 6.03. The zero-order chi connectivity index (χ0) is 12.5. The molecule has 1 N–H and O–H groups in total. The molecule has 0 fully saturated rings. The van der Waals surface area contributed by atoms with Gasteiger partial charge in [-0.15, -0.1) is 0 Å². The van der Waals surface area contributed by atoms with Crippen molar-refractivity contribution in [3.05, 3.63) is 41.6 Å². The number of allylic oxidation sites excluding steroid dienone is 1. The first kappa shape index (κ1) is 13.4. The molecule has 0 saturated carbocycles. The van der Waals surface area contributed by atoms with E-state index in [-0.39, 0.29) is 12.3 Å². The van der Waals surface area contributed by atoms with Crippen LogP contribution in [0.4, 0.5) is 0 Å². The van der Waals surface area contributed by atoms with Gasteiger partial charge in [-0.1, -0.05) is 23.9 Å². The SMILES string of the molecule is C/C=C/S/C(=N\C)NC(=O)Cc1ccccn1. The van der Waals surface area contributed by atoms with Crippen LogP contribution in [-0.4, -0.2) is 23.1 Å². The Hall–Kier alpha value is -1.62. The first-order valence-electron chi connectivity index (χ1n) is 5.20. The van der Waals surface area contributed by atoms with E-state index in [1.54, 1.807) is 13.2 Å². The number of nitrogens with one attached hydrogen (secondary N) is 1. The average Bonchev–Trinajstić information content (AvgIpc) is 2.35. The monoisotopic (exact) mass is 249 g/mol. The van der Waals surface area contributed by atoms with Crippen molar-refractivity contribution in [2.24, 2.45) is 4.99 Å². The highest BCUT2D eigenvalue weighted by atomic mass is 32.2. The molecule has 17 heavy (non-hydrogen) atoms. The highest BCUT2D eigenvalue weighted by Crippen LogP contribution is 2.03. The molecule has 0 aliphatic rings. The summed E-state index contributed by atoms with van der Waals surface area (Å²) in [6, 6.07) is 5.50. The molecule has 0 saturated heterocycles. The minimum atomic E-state index is -0.110. The van der Waals surface area contributed by atoms with Gasteiger partial charge in [0, 0.05) is 18.9 Å². The molecule has 0 radical (unpaired) electrons. The number of nitrogens with zero attached hydrogens (tertiary/aromatic N) is 2. The fourth-order valence-electron chi connectivity index (χ4n) is 1.10. The van der Waals surface area contributed by atoms with Gasteiger partial charge in [-0.3, -0.25) is 14.8 Å². The minimum Gasteiger partial charge on any atom is -0.305 e. The minimum absolute atomic E-state index is 0.110. The lowest BCUT2D eigenvalue weighted by Gasteiger charge is -2.05. The summed E-state index contributed by atoms with van der Waals surface area (Å²) < 4.78 is 0. The summed E-state index contributed by atoms with van der Waals surface area (Å²) in [6.45, 7) is 1.91. The van der Waals surface area contributed by atoms with E-state index in [1.807, 2.05) is 36.6 Å². The molecule has 0 aromatic carbocycles. The Morgan fingerprint density at radius 3 is 3.00 bits per heavy atom. The van der Waals surface area contributed by atoms with Gasteiger partial charge in [0.05, 0.1) is 6.42 Å². The standard InChI is InChI=1S/C12H15N3OS/c1-3-8-17-12(13-2)15-11(16)9-10-6-4-5-7-14-10/h3-8H,9H2,1-2H3,(H,13,15,16)/b8-3+. The number of amides is 1. The van der Waals surface area contributed by atoms with E-state index in [0.717, 1.165) is 5.69 Å². The van der Waals surface area contributed by atoms with Gasteiger partial charge in [-0.25, -0.2) is 0 Å². The lowest BCUT2D eigenvalue weighted by atomic mass is 10.2. The molecule has 4 nitrogen and oxygen atoms in total. The lowest BCUT2D eigenvalue weighted by molar-refractivity contribution is -0.119. The molecule has 0 spiro atoms. The molecule has 1 rings (SSSR count). The molecular formula is C12H15N3OS. The number of thioether (sulfide) groups is 1. The summed E-state index contributed by atoms with van der Waals surface area (Å²) in [5.74, 6) is -0.110. The number of hydrogen-bond donors (Lipinski definition) is 1. The van der Waals surface area contributed by atoms with Crippen molar-refractivity contribution in [1.29, 1.82) is 0 Å². The highest BCUT2D eigenvalue weighted by Gasteiger charge is 2.06. The van der Waals surface area contributed by atoms with Crippen molar-refractivity contribution in [3.63, 3.8) is 0 Å². The van der Waals surface area contributed by atoms with Gasteiger partial charge in [0.2, 0.25) is 5.91 Å². The van der Waals surface area contributed by atoms with Crippen LogP contribution >= 0.6 is 11.8 Å². The number of amidine groups is 1. The molecule has 5 heteroatoms. The zero-order valence-corrected chi connectivity index (χ0v) is 10.7. The number of hydrogen-bond acceptors (Lipinski definition) is 4. The van der Waals surface area contributed by atoms with Gasteiger partial charge < -0.3 is 5.32 Å². The van der Waals surface area contributed by atoms with Gasteiger partial charge in [0.25, 0.3) is 0 Å². The molecule has 1 heterocycles. The molecule has 1 amide bonds. The molecule has 1 aromatic rings. The van der Waals surface area contributed by atoms with Gasteiger partial charge in [0.15, 0.2) is 5.17 Å². The Morgan fingerprint density at radius 1 is 1.59 bits per heavy atom. The quantitative estimate of drug-likeness (QED) is 0.658. The summed E-state index contributed by atoms with van der Waals surface area (Å²) in [6.07, 6.45) is 3.82. The number of aliphatic imine (C=N–C) groups is 1. The van der Waals surface area contributed by atoms with Crippen molar-refractivity contribution in [1.82, 2.24) is 10.3 Å². The predicted molar refractivity (Wildman–Crippen MR) is 71.8 cm³/mol. The number of pyridine rings is 1. The van der Waals surface area contributed by atoms with Crippen LogP contribution in [-0.2, 0) is 11.2 Å². The Morgan fingerprint density at radius 2 is 2.41 bits per heavy atom. The van der Waals surface area contributed by atoms with Crippen molar-refractivity contribution in [2.75, 3.05) is 7.05 Å². The first-order chi connectivity index (χ1) is 8.26. The molecule has 1 aromatic heterocycles. The van der Waals surface area contributed by atoms with Gasteiger partial charge >= 0.3 is 0 Å². The number of carbonyl (C=O) groups excluding carboxylic acids is 1. The fourth-order valence-corrected chi connectivity index (χ4v) is 1.64. The van der Waals surface area contributed by atoms with Crippen LogP contribution in [0.5, 0.6) is 0 Å². The Bertz CT molecular complexity index is 415. The van der Waals surface area contributed by atoms with Crippen molar-refractivity contribution < 1.29 is 4.79 Å². The van der Waals surface area contributed by atoms with Crippen LogP contribution in [0.3, 0.4) is 0 Å². The summed E-state index contributed by atoms with van der Waals surface area (Å²) >= 11 is 1.38. The van der Waals surface area contributed by atoms with Crippen molar-refractivity contribution >= 4 is 22.8 Å². The van der Waals surface area contributed by atoms with Gasteiger partial charge in [0.1, 0.15) is 0 Å². The highest BCUT2D eigenvalue weighted by molar-refractivity contribution is 8.16. The second kappa shape index (κ2) is 7.62. The topological polar surface area (TPSA) is 54.4 Å². The normalized spacial score (nSPS) is 11.8. The summed E-state index contributed by atoms with van der Waals surface area (Å²) in [7, 11) is 1.65. The Balaban J connectivity index is 2.49. The van der Waals surface area contributed by atoms with E-state index in [0.29, 0.717) is 5.17 Å². The third kappa shape index (κ3) is 5.31. The third-order valence-electron chi connectivity index (χ3n) is 1.83. The largest absolute Gasteiger partial charge is 0.305 e. The second-order valence-electron chi connectivity index (χ2n) is 3.16. The third-order valence-corrected chi connectivity index (χ3v) is 2.75. The molecule has 90 valence electrons. The average molecular weight is 249 g/mol. The smallest absolute Gasteiger partial charge is 0.231 e. The number of aromatic nitrogens is 1. The van der Waals surface area contributed by atoms with E-state index < -0.39 is 0 Å². The molecule has 0 atom stereocenters. The van der Waals surface area contributed by atoms with E-state index in [4.69, 9.17) is 0 Å². The lowest BCUT2D eigenvalue weighted by Crippen LogP contribution is -2.29. The second-order valence-corrected chi connectivity index (χ2v) is 4.06. The van der Waals surface area contributed by atoms with Crippen LogP contribution in [0.15, 0.2) is 40.9 Å². The summed E-state index contributed by atoms with van der Waals surface area (Å²) in [5.41, 5.74) is 0.747. The molecule has 0 aliphatic carbocycles. The molecular weight excluding hydrogens is 234 g/mol. The van der Waals surface area contributed by atoms with Gasteiger partial charge in [-0.2, -0.15) is 0 Å². The van der Waals surface area contributed by atoms with E-state index in [2.05, 4.69) is 15.3 Å². The summed E-state index contributed by atoms with van der Waals surface area (Å²) in [5, 5.41) is 5.18. The van der Waals surface area contributed by atoms with Crippen LogP contribution in [0.1, 0.15) is 12.6 Å². The van der Waals surface area contributed by atoms with Crippen molar-refractivity contribution in [2.45, 2.75) is 13.3 Å². The number of rotatable bonds is 3. The molecule has 0 aliphatic heterocycles. The number of carbonyl (C=O) groups is 1. The van der Waals surface area contributed by atoms with Crippen LogP contribution < -0.4 is 5.32 Å². The van der Waals surface area contributed by atoms with Crippen LogP contribution in [0.25, 0.3) is 0 Å². The van der Waals surface area contributed by atoms with E-state index in [9.17, 15) is 4.79 Å². The summed E-state index contributed by atoms with van der Waals surface area (Å²) in [4.78, 5) is 19.8. The Labute approximate surface area is 105 Å². The van der Waals surface area contributed by atoms with Gasteiger partial charge in [-0.05, 0) is 24.5 Å². The van der Waals surface area contributed by atoms with Crippen LogP contribution in [0, 0.1) is 0 Å². The van der Waals surface area contributed by atoms with Crippen LogP contribution in [0.2, 0.25) is 0 Å². The zero-order valence-electron chi connectivity index (χ0n) is 9.88. The van der Waals surface area contributed by atoms with E-state index in [1.165, 1.54) is 11.8 Å².